The summed E-state index contributed by atoms with van der Waals surface area (Å²) < 4.78 is 10.3. The SMILES string of the molecule is CCOC(=O)C1=C(C)C(C)C(C)O1. The molecule has 0 aromatic rings. The number of hydrogen-bond donors (Lipinski definition) is 0. The second-order valence-electron chi connectivity index (χ2n) is 3.34. The first-order valence-electron chi connectivity index (χ1n) is 4.62. The molecule has 0 bridgehead atoms. The van der Waals surface area contributed by atoms with Crippen molar-refractivity contribution in [3.63, 3.8) is 0 Å². The van der Waals surface area contributed by atoms with Gasteiger partial charge in [-0.1, -0.05) is 6.92 Å². The van der Waals surface area contributed by atoms with Gasteiger partial charge in [-0.25, -0.2) is 4.79 Å². The van der Waals surface area contributed by atoms with Gasteiger partial charge >= 0.3 is 5.97 Å². The van der Waals surface area contributed by atoms with Crippen LogP contribution in [0.3, 0.4) is 0 Å². The van der Waals surface area contributed by atoms with Gasteiger partial charge in [0.15, 0.2) is 0 Å². The van der Waals surface area contributed by atoms with E-state index in [1.54, 1.807) is 6.92 Å². The molecule has 0 N–H and O–H groups in total. The van der Waals surface area contributed by atoms with Crippen LogP contribution in [0, 0.1) is 5.92 Å². The van der Waals surface area contributed by atoms with Gasteiger partial charge in [0.05, 0.1) is 6.61 Å². The number of rotatable bonds is 2. The molecule has 0 spiro atoms. The third kappa shape index (κ3) is 1.85. The molecule has 1 rings (SSSR count). The predicted molar refractivity (Wildman–Crippen MR) is 49.0 cm³/mol. The normalized spacial score (nSPS) is 27.4. The fourth-order valence-electron chi connectivity index (χ4n) is 1.35. The van der Waals surface area contributed by atoms with Crippen molar-refractivity contribution in [2.24, 2.45) is 5.92 Å². The summed E-state index contributed by atoms with van der Waals surface area (Å²) in [5.41, 5.74) is 0.992. The van der Waals surface area contributed by atoms with Crippen molar-refractivity contribution in [2.45, 2.75) is 33.8 Å². The van der Waals surface area contributed by atoms with E-state index in [9.17, 15) is 4.79 Å². The molecule has 0 aromatic carbocycles. The molecule has 2 unspecified atom stereocenters. The fraction of sp³-hybridized carbons (Fsp3) is 0.700. The highest BCUT2D eigenvalue weighted by Crippen LogP contribution is 2.30. The Labute approximate surface area is 78.7 Å². The van der Waals surface area contributed by atoms with E-state index < -0.39 is 0 Å². The van der Waals surface area contributed by atoms with E-state index in [0.29, 0.717) is 18.3 Å². The van der Waals surface area contributed by atoms with Crippen LogP contribution in [0.4, 0.5) is 0 Å². The first-order valence-corrected chi connectivity index (χ1v) is 4.62. The monoisotopic (exact) mass is 184 g/mol. The van der Waals surface area contributed by atoms with Crippen molar-refractivity contribution < 1.29 is 14.3 Å². The molecule has 13 heavy (non-hydrogen) atoms. The van der Waals surface area contributed by atoms with Crippen LogP contribution in [-0.4, -0.2) is 18.7 Å². The molecular formula is C10H16O3. The molecule has 0 radical (unpaired) electrons. The molecule has 1 heterocycles. The first-order chi connectivity index (χ1) is 6.07. The smallest absolute Gasteiger partial charge is 0.373 e. The minimum atomic E-state index is -0.337. The second-order valence-corrected chi connectivity index (χ2v) is 3.34. The lowest BCUT2D eigenvalue weighted by Gasteiger charge is -2.09. The van der Waals surface area contributed by atoms with Crippen LogP contribution in [0.25, 0.3) is 0 Å². The first kappa shape index (κ1) is 10.1. The van der Waals surface area contributed by atoms with Crippen molar-refractivity contribution in [1.82, 2.24) is 0 Å². The highest BCUT2D eigenvalue weighted by molar-refractivity contribution is 5.87. The molecule has 0 fully saturated rings. The number of carbonyl (C=O) groups is 1. The lowest BCUT2D eigenvalue weighted by atomic mass is 10.00. The summed E-state index contributed by atoms with van der Waals surface area (Å²) in [6.45, 7) is 8.10. The Morgan fingerprint density at radius 2 is 2.15 bits per heavy atom. The van der Waals surface area contributed by atoms with Crippen molar-refractivity contribution in [2.75, 3.05) is 6.61 Å². The van der Waals surface area contributed by atoms with Gasteiger partial charge in [-0.05, 0) is 26.3 Å². The summed E-state index contributed by atoms with van der Waals surface area (Å²) in [6.07, 6.45) is 0.0828. The van der Waals surface area contributed by atoms with Gasteiger partial charge in [0.2, 0.25) is 5.76 Å². The zero-order valence-corrected chi connectivity index (χ0v) is 8.59. The van der Waals surface area contributed by atoms with Crippen molar-refractivity contribution >= 4 is 5.97 Å². The Morgan fingerprint density at radius 3 is 2.54 bits per heavy atom. The molecular weight excluding hydrogens is 168 g/mol. The van der Waals surface area contributed by atoms with Crippen LogP contribution in [0.15, 0.2) is 11.3 Å². The second kappa shape index (κ2) is 3.81. The summed E-state index contributed by atoms with van der Waals surface area (Å²) in [6, 6.07) is 0. The standard InChI is InChI=1S/C10H16O3/c1-5-12-10(11)9-7(3)6(2)8(4)13-9/h6,8H,5H2,1-4H3. The molecule has 74 valence electrons. The summed E-state index contributed by atoms with van der Waals surface area (Å²) in [7, 11) is 0. The van der Waals surface area contributed by atoms with Crippen molar-refractivity contribution in [3.05, 3.63) is 11.3 Å². The average Bonchev–Trinajstić information content (AvgIpc) is 2.33. The Bertz CT molecular complexity index is 243. The quantitative estimate of drug-likeness (QED) is 0.615. The minimum Gasteiger partial charge on any atom is -0.483 e. The Kier molecular flexibility index (Phi) is 2.96. The van der Waals surface area contributed by atoms with Gasteiger partial charge in [-0.15, -0.1) is 0 Å². The largest absolute Gasteiger partial charge is 0.483 e. The molecule has 3 heteroatoms. The maximum Gasteiger partial charge on any atom is 0.373 e. The number of carbonyl (C=O) groups excluding carboxylic acids is 1. The number of hydrogen-bond acceptors (Lipinski definition) is 3. The Morgan fingerprint density at radius 1 is 1.54 bits per heavy atom. The Balaban J connectivity index is 2.75. The fourth-order valence-corrected chi connectivity index (χ4v) is 1.35. The molecule has 2 atom stereocenters. The topological polar surface area (TPSA) is 35.5 Å². The summed E-state index contributed by atoms with van der Waals surface area (Å²) in [4.78, 5) is 11.3. The summed E-state index contributed by atoms with van der Waals surface area (Å²) in [5, 5.41) is 0. The van der Waals surface area contributed by atoms with E-state index in [4.69, 9.17) is 9.47 Å². The van der Waals surface area contributed by atoms with Crippen LogP contribution in [-0.2, 0) is 14.3 Å². The molecule has 0 saturated carbocycles. The van der Waals surface area contributed by atoms with Gasteiger partial charge in [-0.3, -0.25) is 0 Å². The molecule has 1 aliphatic heterocycles. The van der Waals surface area contributed by atoms with Crippen molar-refractivity contribution in [3.8, 4) is 0 Å². The zero-order valence-electron chi connectivity index (χ0n) is 8.59. The number of ether oxygens (including phenoxy) is 2. The van der Waals surface area contributed by atoms with Gasteiger partial charge < -0.3 is 9.47 Å². The number of esters is 1. The minimum absolute atomic E-state index is 0.0828. The molecule has 0 saturated heterocycles. The van der Waals surface area contributed by atoms with Crippen LogP contribution >= 0.6 is 0 Å². The van der Waals surface area contributed by atoms with Crippen LogP contribution < -0.4 is 0 Å². The van der Waals surface area contributed by atoms with Gasteiger partial charge in [0.25, 0.3) is 0 Å². The molecule has 0 amide bonds. The van der Waals surface area contributed by atoms with E-state index >= 15 is 0 Å². The van der Waals surface area contributed by atoms with Crippen molar-refractivity contribution in [1.29, 1.82) is 0 Å². The molecule has 1 aliphatic rings. The van der Waals surface area contributed by atoms with E-state index in [-0.39, 0.29) is 12.1 Å². The van der Waals surface area contributed by atoms with Gasteiger partial charge in [-0.2, -0.15) is 0 Å². The van der Waals surface area contributed by atoms with Gasteiger partial charge in [0, 0.05) is 5.92 Å². The van der Waals surface area contributed by atoms with Crippen LogP contribution in [0.5, 0.6) is 0 Å². The molecule has 0 aliphatic carbocycles. The third-order valence-electron chi connectivity index (χ3n) is 2.51. The highest BCUT2D eigenvalue weighted by atomic mass is 16.6. The van der Waals surface area contributed by atoms with E-state index in [2.05, 4.69) is 0 Å². The zero-order chi connectivity index (χ0) is 10.0. The maximum absolute atomic E-state index is 11.3. The molecule has 3 nitrogen and oxygen atoms in total. The highest BCUT2D eigenvalue weighted by Gasteiger charge is 2.31. The van der Waals surface area contributed by atoms with Crippen LogP contribution in [0.2, 0.25) is 0 Å². The van der Waals surface area contributed by atoms with Crippen LogP contribution in [0.1, 0.15) is 27.7 Å². The lowest BCUT2D eigenvalue weighted by Crippen LogP contribution is -2.12. The lowest BCUT2D eigenvalue weighted by molar-refractivity contribution is -0.143. The predicted octanol–water partition coefficient (Wildman–Crippen LogP) is 1.88. The van der Waals surface area contributed by atoms with Gasteiger partial charge in [0.1, 0.15) is 6.10 Å². The van der Waals surface area contributed by atoms with E-state index in [1.165, 1.54) is 0 Å². The average molecular weight is 184 g/mol. The van der Waals surface area contributed by atoms with E-state index in [1.807, 2.05) is 20.8 Å². The van der Waals surface area contributed by atoms with E-state index in [0.717, 1.165) is 5.57 Å². The Hall–Kier alpha value is -0.990. The third-order valence-corrected chi connectivity index (χ3v) is 2.51. The molecule has 0 aromatic heterocycles. The maximum atomic E-state index is 11.3. The summed E-state index contributed by atoms with van der Waals surface area (Å²) >= 11 is 0. The summed E-state index contributed by atoms with van der Waals surface area (Å²) in [5.74, 6) is 0.373.